The predicted octanol–water partition coefficient (Wildman–Crippen LogP) is 4.52. The van der Waals surface area contributed by atoms with Crippen molar-refractivity contribution in [2.24, 2.45) is 0 Å². The van der Waals surface area contributed by atoms with E-state index in [0.29, 0.717) is 18.7 Å². The molecule has 4 rings (SSSR count). The van der Waals surface area contributed by atoms with E-state index >= 15 is 0 Å². The number of aromatic nitrogens is 2. The number of nitro groups is 3. The van der Waals surface area contributed by atoms with Crippen molar-refractivity contribution in [2.75, 3.05) is 6.61 Å². The lowest BCUT2D eigenvalue weighted by molar-refractivity contribution is -0.404. The number of pyridine rings is 1. The van der Waals surface area contributed by atoms with Gasteiger partial charge in [-0.25, -0.2) is 4.98 Å². The lowest BCUT2D eigenvalue weighted by Crippen LogP contribution is -1.97. The average Bonchev–Trinajstić information content (AvgIpc) is 3.24. The maximum atomic E-state index is 10.4. The van der Waals surface area contributed by atoms with Crippen LogP contribution in [-0.2, 0) is 0 Å². The Bertz CT molecular complexity index is 1300. The number of benzene rings is 2. The van der Waals surface area contributed by atoms with Gasteiger partial charge in [-0.1, -0.05) is 6.07 Å². The standard InChI is InChI=1S/C15H14N2O.C6H3N3O7/c1-2-18-13-8-6-12(7-9-13)14-11-17-10-4-3-5-15(17)16-14;10-6-4(8(13)14)1-3(7(11)12)2-5(6)9(15)16/h3-11H,2H2,1H3;1-2,10H. The predicted molar refractivity (Wildman–Crippen MR) is 120 cm³/mol. The van der Waals surface area contributed by atoms with Crippen LogP contribution >= 0.6 is 0 Å². The second-order valence-electron chi connectivity index (χ2n) is 6.65. The number of aromatic hydroxyl groups is 1. The van der Waals surface area contributed by atoms with Gasteiger partial charge in [0.1, 0.15) is 11.4 Å². The molecule has 0 aliphatic carbocycles. The van der Waals surface area contributed by atoms with Crippen molar-refractivity contribution in [3.63, 3.8) is 0 Å². The van der Waals surface area contributed by atoms with Crippen LogP contribution < -0.4 is 4.74 Å². The van der Waals surface area contributed by atoms with Gasteiger partial charge in [0.2, 0.25) is 0 Å². The number of ether oxygens (including phenoxy) is 1. The Balaban J connectivity index is 0.000000192. The van der Waals surface area contributed by atoms with Crippen molar-refractivity contribution < 1.29 is 24.6 Å². The molecule has 4 aromatic rings. The van der Waals surface area contributed by atoms with Crippen molar-refractivity contribution in [1.29, 1.82) is 0 Å². The summed E-state index contributed by atoms with van der Waals surface area (Å²) in [5.74, 6) is -0.314. The minimum absolute atomic E-state index is 0.447. The topological polar surface area (TPSA) is 176 Å². The third kappa shape index (κ3) is 5.21. The van der Waals surface area contributed by atoms with Gasteiger partial charge in [-0.2, -0.15) is 0 Å². The van der Waals surface area contributed by atoms with Gasteiger partial charge in [-0.3, -0.25) is 30.3 Å². The highest BCUT2D eigenvalue weighted by Gasteiger charge is 2.30. The molecule has 0 bridgehead atoms. The Hall–Kier alpha value is -5.07. The highest BCUT2D eigenvalue weighted by molar-refractivity contribution is 5.65. The van der Waals surface area contributed by atoms with Gasteiger partial charge in [0.05, 0.1) is 39.2 Å². The maximum Gasteiger partial charge on any atom is 0.324 e. The Labute approximate surface area is 190 Å². The molecule has 13 nitrogen and oxygen atoms in total. The van der Waals surface area contributed by atoms with Gasteiger partial charge >= 0.3 is 11.4 Å². The van der Waals surface area contributed by atoms with Crippen molar-refractivity contribution in [3.05, 3.63) is 97.3 Å². The van der Waals surface area contributed by atoms with Gasteiger partial charge < -0.3 is 14.2 Å². The third-order valence-electron chi connectivity index (χ3n) is 4.48. The number of non-ortho nitro benzene ring substituents is 1. The summed E-state index contributed by atoms with van der Waals surface area (Å²) in [5, 5.41) is 40.2. The van der Waals surface area contributed by atoms with Crippen LogP contribution in [0.2, 0.25) is 0 Å². The van der Waals surface area contributed by atoms with E-state index in [1.807, 2.05) is 66.2 Å². The molecule has 174 valence electrons. The van der Waals surface area contributed by atoms with Crippen LogP contribution in [0.15, 0.2) is 67.0 Å². The van der Waals surface area contributed by atoms with Gasteiger partial charge in [-0.05, 0) is 43.3 Å². The molecule has 0 spiro atoms. The minimum Gasteiger partial charge on any atom is -0.497 e. The fourth-order valence-electron chi connectivity index (χ4n) is 2.94. The Morgan fingerprint density at radius 2 is 1.56 bits per heavy atom. The van der Waals surface area contributed by atoms with E-state index < -0.39 is 37.6 Å². The van der Waals surface area contributed by atoms with Gasteiger partial charge in [0, 0.05) is 18.0 Å². The monoisotopic (exact) mass is 467 g/mol. The molecular formula is C21H17N5O8. The van der Waals surface area contributed by atoms with Crippen molar-refractivity contribution in [1.82, 2.24) is 9.38 Å². The summed E-state index contributed by atoms with van der Waals surface area (Å²) in [4.78, 5) is 32.3. The van der Waals surface area contributed by atoms with Crippen LogP contribution in [0.3, 0.4) is 0 Å². The summed E-state index contributed by atoms with van der Waals surface area (Å²) < 4.78 is 7.45. The fourth-order valence-corrected chi connectivity index (χ4v) is 2.94. The SMILES string of the molecule is CCOc1ccc(-c2cn3ccccc3n2)cc1.O=[N+]([O-])c1cc([N+](=O)[O-])c(O)c([N+](=O)[O-])c1. The molecule has 0 atom stereocenters. The molecule has 2 aromatic heterocycles. The number of phenols is 1. The number of phenolic OH excluding ortho intramolecular Hbond substituents is 1. The van der Waals surface area contributed by atoms with Crippen LogP contribution in [0, 0.1) is 30.3 Å². The van der Waals surface area contributed by atoms with Gasteiger partial charge in [0.25, 0.3) is 11.4 Å². The first-order chi connectivity index (χ1) is 16.2. The van der Waals surface area contributed by atoms with Crippen LogP contribution in [-0.4, -0.2) is 35.9 Å². The molecule has 0 amide bonds. The molecular weight excluding hydrogens is 450 g/mol. The van der Waals surface area contributed by atoms with Crippen LogP contribution in [0.1, 0.15) is 6.92 Å². The van der Waals surface area contributed by atoms with Crippen molar-refractivity contribution >= 4 is 22.7 Å². The zero-order chi connectivity index (χ0) is 24.8. The minimum atomic E-state index is -1.21. The first kappa shape index (κ1) is 23.6. The van der Waals surface area contributed by atoms with E-state index in [-0.39, 0.29) is 0 Å². The van der Waals surface area contributed by atoms with Gasteiger partial charge in [-0.15, -0.1) is 0 Å². The van der Waals surface area contributed by atoms with Crippen LogP contribution in [0.4, 0.5) is 17.1 Å². The van der Waals surface area contributed by atoms with Crippen LogP contribution in [0.25, 0.3) is 16.9 Å². The van der Waals surface area contributed by atoms with E-state index in [1.165, 1.54) is 0 Å². The van der Waals surface area contributed by atoms with Crippen molar-refractivity contribution in [2.45, 2.75) is 6.92 Å². The maximum absolute atomic E-state index is 10.4. The molecule has 0 aliphatic rings. The number of hydrogen-bond acceptors (Lipinski definition) is 9. The number of nitrogens with zero attached hydrogens (tertiary/aromatic N) is 5. The number of hydrogen-bond donors (Lipinski definition) is 1. The fraction of sp³-hybridized carbons (Fsp3) is 0.0952. The highest BCUT2D eigenvalue weighted by atomic mass is 16.6. The Kier molecular flexibility index (Phi) is 6.96. The quantitative estimate of drug-likeness (QED) is 0.315. The molecule has 13 heteroatoms. The first-order valence-corrected chi connectivity index (χ1v) is 9.68. The first-order valence-electron chi connectivity index (χ1n) is 9.68. The lowest BCUT2D eigenvalue weighted by atomic mass is 10.2. The summed E-state index contributed by atoms with van der Waals surface area (Å²) in [7, 11) is 0. The smallest absolute Gasteiger partial charge is 0.324 e. The molecule has 0 unspecified atom stereocenters. The number of fused-ring (bicyclic) bond motifs is 1. The molecule has 0 saturated heterocycles. The molecule has 2 heterocycles. The largest absolute Gasteiger partial charge is 0.497 e. The Morgan fingerprint density at radius 1 is 0.941 bits per heavy atom. The van der Waals surface area contributed by atoms with Gasteiger partial charge in [0.15, 0.2) is 0 Å². The molecule has 2 aromatic carbocycles. The second kappa shape index (κ2) is 10.0. The summed E-state index contributed by atoms with van der Waals surface area (Å²) in [6.45, 7) is 2.67. The van der Waals surface area contributed by atoms with Crippen molar-refractivity contribution in [3.8, 4) is 22.8 Å². The highest BCUT2D eigenvalue weighted by Crippen LogP contribution is 2.38. The van der Waals surface area contributed by atoms with E-state index in [9.17, 15) is 30.3 Å². The summed E-state index contributed by atoms with van der Waals surface area (Å²) in [5.41, 5.74) is 0.0331. The molecule has 1 N–H and O–H groups in total. The third-order valence-corrected chi connectivity index (χ3v) is 4.48. The van der Waals surface area contributed by atoms with E-state index in [0.717, 1.165) is 22.7 Å². The number of nitro benzene ring substituents is 3. The molecule has 0 radical (unpaired) electrons. The number of rotatable bonds is 6. The molecule has 0 saturated carbocycles. The zero-order valence-corrected chi connectivity index (χ0v) is 17.6. The summed E-state index contributed by atoms with van der Waals surface area (Å²) in [6, 6.07) is 14.9. The normalized spacial score (nSPS) is 10.3. The lowest BCUT2D eigenvalue weighted by Gasteiger charge is -2.02. The van der Waals surface area contributed by atoms with E-state index in [4.69, 9.17) is 9.84 Å². The summed E-state index contributed by atoms with van der Waals surface area (Å²) >= 11 is 0. The summed E-state index contributed by atoms with van der Waals surface area (Å²) in [6.07, 6.45) is 4.03. The number of imidazole rings is 1. The van der Waals surface area contributed by atoms with E-state index in [2.05, 4.69) is 4.98 Å². The van der Waals surface area contributed by atoms with E-state index in [1.54, 1.807) is 0 Å². The average molecular weight is 467 g/mol. The van der Waals surface area contributed by atoms with Crippen LogP contribution in [0.5, 0.6) is 11.5 Å². The zero-order valence-electron chi connectivity index (χ0n) is 17.6. The Morgan fingerprint density at radius 3 is 2.06 bits per heavy atom. The second-order valence-corrected chi connectivity index (χ2v) is 6.65. The molecule has 0 fully saturated rings. The molecule has 0 aliphatic heterocycles. The molecule has 34 heavy (non-hydrogen) atoms.